The number of carbonyl (C=O) groups excluding carboxylic acids is 1. The Morgan fingerprint density at radius 3 is 2.70 bits per heavy atom. The molecule has 1 aliphatic carbocycles. The molecule has 1 aliphatic rings. The minimum atomic E-state index is 0.0536. The quantitative estimate of drug-likeness (QED) is 0.851. The Kier molecular flexibility index (Phi) is 4.74. The molecular weight excluding hydrogens is 290 g/mol. The van der Waals surface area contributed by atoms with Crippen molar-refractivity contribution in [1.82, 2.24) is 15.5 Å². The number of hydrogen-bond acceptors (Lipinski definition) is 4. The molecular formula is C18H23N3O2. The van der Waals surface area contributed by atoms with Gasteiger partial charge in [0.2, 0.25) is 17.6 Å². The van der Waals surface area contributed by atoms with Crippen molar-refractivity contribution in [1.29, 1.82) is 0 Å². The molecule has 0 radical (unpaired) electrons. The third-order valence-electron chi connectivity index (χ3n) is 4.15. The molecule has 5 nitrogen and oxygen atoms in total. The fourth-order valence-electron chi connectivity index (χ4n) is 2.38. The molecule has 1 heterocycles. The van der Waals surface area contributed by atoms with Crippen molar-refractivity contribution in [2.45, 2.75) is 45.4 Å². The van der Waals surface area contributed by atoms with E-state index in [1.807, 2.05) is 12.1 Å². The Morgan fingerprint density at radius 1 is 1.30 bits per heavy atom. The Hall–Kier alpha value is -2.17. The summed E-state index contributed by atoms with van der Waals surface area (Å²) in [6.45, 7) is 5.13. The Bertz CT molecular complexity index is 657. The van der Waals surface area contributed by atoms with E-state index in [4.69, 9.17) is 4.52 Å². The summed E-state index contributed by atoms with van der Waals surface area (Å²) in [7, 11) is 0. The predicted molar refractivity (Wildman–Crippen MR) is 87.9 cm³/mol. The lowest BCUT2D eigenvalue weighted by Gasteiger charge is -2.04. The monoisotopic (exact) mass is 313 g/mol. The zero-order valence-electron chi connectivity index (χ0n) is 13.7. The van der Waals surface area contributed by atoms with Gasteiger partial charge in [-0.1, -0.05) is 43.3 Å². The van der Waals surface area contributed by atoms with Crippen LogP contribution in [0.4, 0.5) is 0 Å². The Morgan fingerprint density at radius 2 is 2.04 bits per heavy atom. The van der Waals surface area contributed by atoms with Gasteiger partial charge in [-0.05, 0) is 30.2 Å². The molecule has 3 rings (SSSR count). The highest BCUT2D eigenvalue weighted by Crippen LogP contribution is 2.27. The van der Waals surface area contributed by atoms with Crippen LogP contribution in [-0.2, 0) is 11.2 Å². The highest BCUT2D eigenvalue weighted by molar-refractivity contribution is 5.76. The smallest absolute Gasteiger partial charge is 0.227 e. The number of nitrogens with zero attached hydrogens (tertiary/aromatic N) is 2. The summed E-state index contributed by atoms with van der Waals surface area (Å²) in [5, 5.41) is 6.95. The molecule has 122 valence electrons. The molecule has 0 aliphatic heterocycles. The fourth-order valence-corrected chi connectivity index (χ4v) is 2.38. The predicted octanol–water partition coefficient (Wildman–Crippen LogP) is 3.32. The maximum absolute atomic E-state index is 11.7. The van der Waals surface area contributed by atoms with E-state index < -0.39 is 0 Å². The molecule has 1 N–H and O–H groups in total. The molecule has 0 atom stereocenters. The third-order valence-corrected chi connectivity index (χ3v) is 4.15. The van der Waals surface area contributed by atoms with Crippen molar-refractivity contribution in [3.05, 3.63) is 35.7 Å². The van der Waals surface area contributed by atoms with Gasteiger partial charge in [0.25, 0.3) is 0 Å². The Labute approximate surface area is 136 Å². The maximum atomic E-state index is 11.7. The molecule has 23 heavy (non-hydrogen) atoms. The first-order valence-corrected chi connectivity index (χ1v) is 8.31. The average Bonchev–Trinajstić information content (AvgIpc) is 3.27. The summed E-state index contributed by atoms with van der Waals surface area (Å²) in [5.41, 5.74) is 2.22. The van der Waals surface area contributed by atoms with Crippen molar-refractivity contribution < 1.29 is 9.32 Å². The van der Waals surface area contributed by atoms with Crippen LogP contribution in [-0.4, -0.2) is 22.6 Å². The van der Waals surface area contributed by atoms with Gasteiger partial charge in [-0.15, -0.1) is 0 Å². The largest absolute Gasteiger partial charge is 0.356 e. The zero-order chi connectivity index (χ0) is 16.2. The van der Waals surface area contributed by atoms with Crippen molar-refractivity contribution in [2.75, 3.05) is 6.54 Å². The number of carbonyl (C=O) groups is 1. The van der Waals surface area contributed by atoms with E-state index >= 15 is 0 Å². The second-order valence-corrected chi connectivity index (χ2v) is 6.54. The second-order valence-electron chi connectivity index (χ2n) is 6.54. The third kappa shape index (κ3) is 4.41. The number of amides is 1. The van der Waals surface area contributed by atoms with Gasteiger partial charge >= 0.3 is 0 Å². The van der Waals surface area contributed by atoms with Crippen molar-refractivity contribution in [3.63, 3.8) is 0 Å². The number of nitrogens with one attached hydrogen (secondary N) is 1. The number of aromatic nitrogens is 2. The van der Waals surface area contributed by atoms with Gasteiger partial charge in [0.1, 0.15) is 0 Å². The lowest BCUT2D eigenvalue weighted by Crippen LogP contribution is -2.25. The lowest BCUT2D eigenvalue weighted by atomic mass is 10.0. The van der Waals surface area contributed by atoms with Crippen molar-refractivity contribution in [3.8, 4) is 11.4 Å². The van der Waals surface area contributed by atoms with Gasteiger partial charge in [-0.3, -0.25) is 4.79 Å². The van der Waals surface area contributed by atoms with Crippen LogP contribution < -0.4 is 5.32 Å². The molecule has 5 heteroatoms. The molecule has 0 unspecified atom stereocenters. The van der Waals surface area contributed by atoms with E-state index in [-0.39, 0.29) is 5.91 Å². The van der Waals surface area contributed by atoms with Gasteiger partial charge in [0, 0.05) is 24.9 Å². The van der Waals surface area contributed by atoms with Crippen LogP contribution in [0.15, 0.2) is 28.8 Å². The molecule has 0 spiro atoms. The number of aryl methyl sites for hydroxylation is 1. The van der Waals surface area contributed by atoms with E-state index in [1.54, 1.807) is 0 Å². The van der Waals surface area contributed by atoms with Crippen LogP contribution in [0.3, 0.4) is 0 Å². The molecule has 1 amide bonds. The SMILES string of the molecule is CC(C)c1ccc(-c2noc(CCC(=O)NCC3CC3)n2)cc1. The van der Waals surface area contributed by atoms with Crippen LogP contribution >= 0.6 is 0 Å². The van der Waals surface area contributed by atoms with Crippen molar-refractivity contribution in [2.24, 2.45) is 5.92 Å². The van der Waals surface area contributed by atoms with E-state index in [0.717, 1.165) is 12.1 Å². The van der Waals surface area contributed by atoms with Gasteiger partial charge in [0.05, 0.1) is 0 Å². The molecule has 2 aromatic rings. The van der Waals surface area contributed by atoms with Crippen LogP contribution in [0.1, 0.15) is 50.5 Å². The average molecular weight is 313 g/mol. The molecule has 0 bridgehead atoms. The van der Waals surface area contributed by atoms with Crippen LogP contribution in [0.2, 0.25) is 0 Å². The Balaban J connectivity index is 1.53. The summed E-state index contributed by atoms with van der Waals surface area (Å²) in [4.78, 5) is 16.1. The first kappa shape index (κ1) is 15.7. The molecule has 1 saturated carbocycles. The standard InChI is InChI=1S/C18H23N3O2/c1-12(2)14-5-7-15(8-6-14)18-20-17(23-21-18)10-9-16(22)19-11-13-3-4-13/h5-8,12-13H,3-4,9-11H2,1-2H3,(H,19,22). The first-order chi connectivity index (χ1) is 11.1. The zero-order valence-corrected chi connectivity index (χ0v) is 13.7. The fraction of sp³-hybridized carbons (Fsp3) is 0.500. The van der Waals surface area contributed by atoms with Crippen LogP contribution in [0.25, 0.3) is 11.4 Å². The summed E-state index contributed by atoms with van der Waals surface area (Å²) in [6, 6.07) is 8.18. The highest BCUT2D eigenvalue weighted by atomic mass is 16.5. The minimum Gasteiger partial charge on any atom is -0.356 e. The van der Waals surface area contributed by atoms with Crippen LogP contribution in [0, 0.1) is 5.92 Å². The minimum absolute atomic E-state index is 0.0536. The maximum Gasteiger partial charge on any atom is 0.227 e. The normalized spacial score (nSPS) is 14.2. The number of hydrogen-bond donors (Lipinski definition) is 1. The van der Waals surface area contributed by atoms with Crippen molar-refractivity contribution >= 4 is 5.91 Å². The summed E-state index contributed by atoms with van der Waals surface area (Å²) >= 11 is 0. The molecule has 0 saturated heterocycles. The second kappa shape index (κ2) is 6.94. The topological polar surface area (TPSA) is 68.0 Å². The molecule has 1 aromatic carbocycles. The van der Waals surface area contributed by atoms with Gasteiger partial charge < -0.3 is 9.84 Å². The summed E-state index contributed by atoms with van der Waals surface area (Å²) < 4.78 is 5.24. The molecule has 1 aromatic heterocycles. The van der Waals surface area contributed by atoms with Gasteiger partial charge in [-0.25, -0.2) is 0 Å². The summed E-state index contributed by atoms with van der Waals surface area (Å²) in [6.07, 6.45) is 3.35. The van der Waals surface area contributed by atoms with E-state index in [1.165, 1.54) is 18.4 Å². The summed E-state index contributed by atoms with van der Waals surface area (Å²) in [5.74, 6) is 2.34. The van der Waals surface area contributed by atoms with E-state index in [9.17, 15) is 4.79 Å². The number of rotatable bonds is 7. The molecule has 1 fully saturated rings. The van der Waals surface area contributed by atoms with Crippen LogP contribution in [0.5, 0.6) is 0 Å². The number of benzene rings is 1. The van der Waals surface area contributed by atoms with Gasteiger partial charge in [0.15, 0.2) is 0 Å². The first-order valence-electron chi connectivity index (χ1n) is 8.31. The lowest BCUT2D eigenvalue weighted by molar-refractivity contribution is -0.121. The van der Waals surface area contributed by atoms with E-state index in [0.29, 0.717) is 36.4 Å². The highest BCUT2D eigenvalue weighted by Gasteiger charge is 2.21. The van der Waals surface area contributed by atoms with E-state index in [2.05, 4.69) is 41.4 Å². The van der Waals surface area contributed by atoms with Gasteiger partial charge in [-0.2, -0.15) is 4.98 Å².